The second kappa shape index (κ2) is 8.03. The topological polar surface area (TPSA) is 115 Å². The van der Waals surface area contributed by atoms with Crippen molar-refractivity contribution in [2.75, 3.05) is 20.3 Å². The molecule has 4 aromatic rings. The van der Waals surface area contributed by atoms with Crippen LogP contribution in [0.15, 0.2) is 59.7 Å². The monoisotopic (exact) mass is 390 g/mol. The number of carbonyl (C=O) groups excluding carboxylic acids is 1. The van der Waals surface area contributed by atoms with E-state index in [1.165, 1.54) is 0 Å². The van der Waals surface area contributed by atoms with Crippen LogP contribution in [0.25, 0.3) is 28.0 Å². The highest BCUT2D eigenvalue weighted by Crippen LogP contribution is 2.18. The number of aromatic nitrogens is 5. The Morgan fingerprint density at radius 3 is 2.86 bits per heavy atom. The predicted octanol–water partition coefficient (Wildman–Crippen LogP) is 1.55. The summed E-state index contributed by atoms with van der Waals surface area (Å²) in [7, 11) is 1.58. The number of carbonyl (C=O) groups is 1. The maximum atomic E-state index is 12.4. The third-order valence-electron chi connectivity index (χ3n) is 4.37. The molecule has 29 heavy (non-hydrogen) atoms. The Morgan fingerprint density at radius 1 is 1.24 bits per heavy atom. The largest absolute Gasteiger partial charge is 0.383 e. The molecule has 3 aromatic heterocycles. The van der Waals surface area contributed by atoms with E-state index in [0.717, 1.165) is 11.1 Å². The summed E-state index contributed by atoms with van der Waals surface area (Å²) in [5.41, 5.74) is 2.34. The number of benzene rings is 1. The molecule has 0 aliphatic carbocycles. The van der Waals surface area contributed by atoms with Gasteiger partial charge in [-0.15, -0.1) is 5.10 Å². The van der Waals surface area contributed by atoms with Crippen molar-refractivity contribution < 1.29 is 9.53 Å². The lowest BCUT2D eigenvalue weighted by Crippen LogP contribution is -2.26. The highest BCUT2D eigenvalue weighted by Gasteiger charge is 2.12. The van der Waals surface area contributed by atoms with Crippen LogP contribution in [-0.2, 0) is 4.74 Å². The van der Waals surface area contributed by atoms with Gasteiger partial charge in [-0.25, -0.2) is 9.67 Å². The van der Waals surface area contributed by atoms with Crippen molar-refractivity contribution in [2.24, 2.45) is 0 Å². The van der Waals surface area contributed by atoms with Crippen LogP contribution in [0, 0.1) is 0 Å². The minimum Gasteiger partial charge on any atom is -0.383 e. The number of hydrogen-bond donors (Lipinski definition) is 2. The standard InChI is InChI=1S/C20H18N6O3/c1-29-10-9-22-19(27)13-4-6-15(7-5-13)26-12-17(24-25-26)16-11-14-3-2-8-21-18(14)23-20(16)28/h2-8,11-12H,9-10H2,1H3,(H,22,27)(H,21,23,28). The number of nitrogens with one attached hydrogen (secondary N) is 2. The molecule has 0 aliphatic rings. The molecule has 0 fully saturated rings. The maximum Gasteiger partial charge on any atom is 0.259 e. The molecule has 0 unspecified atom stereocenters. The molecule has 0 spiro atoms. The molecule has 1 amide bonds. The van der Waals surface area contributed by atoms with Crippen LogP contribution in [0.1, 0.15) is 10.4 Å². The molecule has 9 nitrogen and oxygen atoms in total. The Kier molecular flexibility index (Phi) is 5.12. The summed E-state index contributed by atoms with van der Waals surface area (Å²) >= 11 is 0. The number of amides is 1. The molecule has 3 heterocycles. The van der Waals surface area contributed by atoms with Crippen LogP contribution < -0.4 is 10.9 Å². The lowest BCUT2D eigenvalue weighted by Gasteiger charge is -2.05. The molecule has 0 atom stereocenters. The summed E-state index contributed by atoms with van der Waals surface area (Å²) in [6, 6.07) is 12.3. The molecule has 0 saturated carbocycles. The number of nitrogens with zero attached hydrogens (tertiary/aromatic N) is 4. The SMILES string of the molecule is COCCNC(=O)c1ccc(-n2cc(-c3cc4cccnc4[nH]c3=O)nn2)cc1. The first-order chi connectivity index (χ1) is 14.2. The molecular weight excluding hydrogens is 372 g/mol. The third kappa shape index (κ3) is 3.90. The van der Waals surface area contributed by atoms with Crippen LogP contribution in [0.3, 0.4) is 0 Å². The summed E-state index contributed by atoms with van der Waals surface area (Å²) in [6.07, 6.45) is 3.29. The molecule has 4 rings (SSSR count). The minimum absolute atomic E-state index is 0.177. The van der Waals surface area contributed by atoms with Gasteiger partial charge >= 0.3 is 0 Å². The van der Waals surface area contributed by atoms with Gasteiger partial charge in [0, 0.05) is 30.8 Å². The fraction of sp³-hybridized carbons (Fsp3) is 0.150. The van der Waals surface area contributed by atoms with Crippen molar-refractivity contribution in [3.05, 3.63) is 70.8 Å². The van der Waals surface area contributed by atoms with E-state index in [1.54, 1.807) is 60.6 Å². The highest BCUT2D eigenvalue weighted by molar-refractivity contribution is 5.94. The number of methoxy groups -OCH3 is 1. The lowest BCUT2D eigenvalue weighted by atomic mass is 10.1. The van der Waals surface area contributed by atoms with Crippen LogP contribution >= 0.6 is 0 Å². The van der Waals surface area contributed by atoms with Crippen molar-refractivity contribution in [3.63, 3.8) is 0 Å². The smallest absolute Gasteiger partial charge is 0.259 e. The van der Waals surface area contributed by atoms with Gasteiger partial charge < -0.3 is 15.0 Å². The van der Waals surface area contributed by atoms with Crippen molar-refractivity contribution in [1.29, 1.82) is 0 Å². The van der Waals surface area contributed by atoms with E-state index in [-0.39, 0.29) is 11.5 Å². The fourth-order valence-electron chi connectivity index (χ4n) is 2.87. The van der Waals surface area contributed by atoms with Crippen LogP contribution in [-0.4, -0.2) is 51.1 Å². The summed E-state index contributed by atoms with van der Waals surface area (Å²) in [6.45, 7) is 0.898. The molecule has 0 saturated heterocycles. The second-order valence-corrected chi connectivity index (χ2v) is 6.30. The fourth-order valence-corrected chi connectivity index (χ4v) is 2.87. The van der Waals surface area contributed by atoms with Crippen molar-refractivity contribution in [1.82, 2.24) is 30.3 Å². The average molecular weight is 390 g/mol. The van der Waals surface area contributed by atoms with Gasteiger partial charge in [0.2, 0.25) is 0 Å². The zero-order chi connectivity index (χ0) is 20.2. The Bertz CT molecular complexity index is 1210. The Labute approximate surface area is 165 Å². The number of hydrogen-bond acceptors (Lipinski definition) is 6. The summed E-state index contributed by atoms with van der Waals surface area (Å²) in [5.74, 6) is -0.177. The predicted molar refractivity (Wildman–Crippen MR) is 107 cm³/mol. The number of H-pyrrole nitrogens is 1. The number of rotatable bonds is 6. The van der Waals surface area contributed by atoms with E-state index in [0.29, 0.717) is 35.6 Å². The van der Waals surface area contributed by atoms with Crippen LogP contribution in [0.2, 0.25) is 0 Å². The van der Waals surface area contributed by atoms with E-state index < -0.39 is 0 Å². The summed E-state index contributed by atoms with van der Waals surface area (Å²) in [4.78, 5) is 31.3. The van der Waals surface area contributed by atoms with E-state index in [9.17, 15) is 9.59 Å². The van der Waals surface area contributed by atoms with E-state index in [4.69, 9.17) is 4.74 Å². The quantitative estimate of drug-likeness (QED) is 0.483. The first-order valence-corrected chi connectivity index (χ1v) is 8.94. The molecule has 0 radical (unpaired) electrons. The van der Waals surface area contributed by atoms with Gasteiger partial charge in [-0.1, -0.05) is 5.21 Å². The second-order valence-electron chi connectivity index (χ2n) is 6.30. The van der Waals surface area contributed by atoms with Gasteiger partial charge in [-0.2, -0.15) is 0 Å². The molecular formula is C20H18N6O3. The Balaban J connectivity index is 1.57. The lowest BCUT2D eigenvalue weighted by molar-refractivity contribution is 0.0937. The normalized spacial score (nSPS) is 10.9. The number of ether oxygens (including phenoxy) is 1. The van der Waals surface area contributed by atoms with E-state index in [2.05, 4.69) is 25.6 Å². The molecule has 0 bridgehead atoms. The zero-order valence-electron chi connectivity index (χ0n) is 15.6. The first-order valence-electron chi connectivity index (χ1n) is 8.94. The number of fused-ring (bicyclic) bond motifs is 1. The third-order valence-corrected chi connectivity index (χ3v) is 4.37. The highest BCUT2D eigenvalue weighted by atomic mass is 16.5. The van der Waals surface area contributed by atoms with Gasteiger partial charge in [-0.05, 0) is 42.5 Å². The van der Waals surface area contributed by atoms with Gasteiger partial charge in [0.05, 0.1) is 24.1 Å². The minimum atomic E-state index is -0.286. The first kappa shape index (κ1) is 18.5. The van der Waals surface area contributed by atoms with E-state index in [1.807, 2.05) is 6.07 Å². The Morgan fingerprint density at radius 2 is 2.07 bits per heavy atom. The van der Waals surface area contributed by atoms with Gasteiger partial charge in [0.1, 0.15) is 11.3 Å². The summed E-state index contributed by atoms with van der Waals surface area (Å²) in [5, 5.41) is 11.8. The Hall–Kier alpha value is -3.85. The van der Waals surface area contributed by atoms with E-state index >= 15 is 0 Å². The van der Waals surface area contributed by atoms with Crippen molar-refractivity contribution in [3.8, 4) is 16.9 Å². The maximum absolute atomic E-state index is 12.4. The number of aromatic amines is 1. The molecule has 0 aliphatic heterocycles. The molecule has 9 heteroatoms. The zero-order valence-corrected chi connectivity index (χ0v) is 15.6. The van der Waals surface area contributed by atoms with Crippen LogP contribution in [0.4, 0.5) is 0 Å². The number of pyridine rings is 2. The van der Waals surface area contributed by atoms with Crippen molar-refractivity contribution in [2.45, 2.75) is 0 Å². The molecule has 2 N–H and O–H groups in total. The average Bonchev–Trinajstić information content (AvgIpc) is 3.23. The van der Waals surface area contributed by atoms with Crippen LogP contribution in [0.5, 0.6) is 0 Å². The van der Waals surface area contributed by atoms with Gasteiger partial charge in [0.15, 0.2) is 0 Å². The summed E-state index contributed by atoms with van der Waals surface area (Å²) < 4.78 is 6.47. The molecule has 1 aromatic carbocycles. The van der Waals surface area contributed by atoms with Gasteiger partial charge in [0.25, 0.3) is 11.5 Å². The van der Waals surface area contributed by atoms with Crippen molar-refractivity contribution >= 4 is 16.9 Å². The van der Waals surface area contributed by atoms with Gasteiger partial charge in [-0.3, -0.25) is 9.59 Å². The molecule has 146 valence electrons.